The lowest BCUT2D eigenvalue weighted by Gasteiger charge is -2.32. The van der Waals surface area contributed by atoms with Crippen LogP contribution in [0.5, 0.6) is 5.75 Å². The highest BCUT2D eigenvalue weighted by Gasteiger charge is 2.30. The zero-order chi connectivity index (χ0) is 27.3. The molecular weight excluding hydrogens is 519 g/mol. The average molecular weight is 556 g/mol. The molecule has 0 saturated carbocycles. The maximum Gasteiger partial charge on any atom is 0.243 e. The number of nitrogens with one attached hydrogen (secondary N) is 1. The van der Waals surface area contributed by atoms with E-state index in [-0.39, 0.29) is 24.8 Å². The van der Waals surface area contributed by atoms with Gasteiger partial charge in [-0.05, 0) is 55.2 Å². The molecule has 0 radical (unpaired) electrons. The van der Waals surface area contributed by atoms with Gasteiger partial charge in [0.15, 0.2) is 0 Å². The Labute approximate surface area is 236 Å². The Morgan fingerprint density at radius 1 is 0.921 bits per heavy atom. The van der Waals surface area contributed by atoms with Gasteiger partial charge in [0, 0.05) is 25.9 Å². The molecule has 0 fully saturated rings. The van der Waals surface area contributed by atoms with E-state index in [1.807, 2.05) is 67.6 Å². The summed E-state index contributed by atoms with van der Waals surface area (Å²) in [5.74, 6) is 0.495. The largest absolute Gasteiger partial charge is 0.494 e. The number of carbonyl (C=O) groups excluding carboxylic acids is 2. The van der Waals surface area contributed by atoms with E-state index in [2.05, 4.69) is 12.2 Å². The van der Waals surface area contributed by atoms with Gasteiger partial charge in [-0.2, -0.15) is 0 Å². The Hall–Kier alpha value is -3.02. The van der Waals surface area contributed by atoms with Crippen molar-refractivity contribution in [3.05, 3.63) is 99.5 Å². The van der Waals surface area contributed by atoms with Crippen LogP contribution < -0.4 is 10.1 Å². The summed E-state index contributed by atoms with van der Waals surface area (Å²) in [5.41, 5.74) is 2.95. The van der Waals surface area contributed by atoms with Crippen LogP contribution in [-0.2, 0) is 22.6 Å². The topological polar surface area (TPSA) is 58.6 Å². The molecule has 2 amide bonds. The Bertz CT molecular complexity index is 1170. The van der Waals surface area contributed by atoms with Gasteiger partial charge in [0.25, 0.3) is 0 Å². The van der Waals surface area contributed by atoms with E-state index < -0.39 is 6.04 Å². The van der Waals surface area contributed by atoms with Crippen LogP contribution in [-0.4, -0.2) is 35.9 Å². The summed E-state index contributed by atoms with van der Waals surface area (Å²) in [4.78, 5) is 28.8. The molecule has 7 heteroatoms. The molecule has 0 saturated heterocycles. The smallest absolute Gasteiger partial charge is 0.243 e. The third-order valence-corrected chi connectivity index (χ3v) is 7.00. The fourth-order valence-corrected chi connectivity index (χ4v) is 4.41. The molecule has 0 heterocycles. The van der Waals surface area contributed by atoms with Gasteiger partial charge in [0.1, 0.15) is 11.8 Å². The van der Waals surface area contributed by atoms with E-state index in [1.165, 1.54) is 0 Å². The zero-order valence-electron chi connectivity index (χ0n) is 22.1. The van der Waals surface area contributed by atoms with Gasteiger partial charge in [-0.25, -0.2) is 0 Å². The maximum atomic E-state index is 13.7. The van der Waals surface area contributed by atoms with Crippen molar-refractivity contribution in [1.29, 1.82) is 0 Å². The predicted octanol–water partition coefficient (Wildman–Crippen LogP) is 7.02. The van der Waals surface area contributed by atoms with Crippen molar-refractivity contribution in [2.75, 3.05) is 13.2 Å². The highest BCUT2D eigenvalue weighted by molar-refractivity contribution is 6.42. The Morgan fingerprint density at radius 2 is 1.66 bits per heavy atom. The normalized spacial score (nSPS) is 11.6. The summed E-state index contributed by atoms with van der Waals surface area (Å²) >= 11 is 12.4. The number of carbonyl (C=O) groups is 2. The van der Waals surface area contributed by atoms with Crippen LogP contribution in [0.15, 0.2) is 72.8 Å². The summed E-state index contributed by atoms with van der Waals surface area (Å²) in [5, 5.41) is 3.89. The highest BCUT2D eigenvalue weighted by atomic mass is 35.5. The first-order chi connectivity index (χ1) is 18.4. The number of aryl methyl sites for hydroxylation is 1. The minimum absolute atomic E-state index is 0.116. The zero-order valence-corrected chi connectivity index (χ0v) is 23.6. The highest BCUT2D eigenvalue weighted by Crippen LogP contribution is 2.25. The van der Waals surface area contributed by atoms with Gasteiger partial charge in [0.05, 0.1) is 16.7 Å². The molecular formula is C31H36Cl2N2O3. The first-order valence-electron chi connectivity index (χ1n) is 13.1. The summed E-state index contributed by atoms with van der Waals surface area (Å²) < 4.78 is 5.83. The van der Waals surface area contributed by atoms with Crippen LogP contribution in [0.25, 0.3) is 0 Å². The molecule has 1 atom stereocenters. The van der Waals surface area contributed by atoms with Crippen molar-refractivity contribution >= 4 is 35.0 Å². The maximum absolute atomic E-state index is 13.7. The van der Waals surface area contributed by atoms with Crippen LogP contribution in [0.1, 0.15) is 49.3 Å². The lowest BCUT2D eigenvalue weighted by Crippen LogP contribution is -2.50. The minimum atomic E-state index is -0.672. The molecule has 5 nitrogen and oxygen atoms in total. The fourth-order valence-electron chi connectivity index (χ4n) is 4.09. The SMILES string of the molecule is CCCCNC(=O)C(Cc1ccccc1)N(Cc1ccc(Cl)c(Cl)c1)C(=O)CCCOc1ccc(C)cc1. The van der Waals surface area contributed by atoms with Gasteiger partial charge in [0.2, 0.25) is 11.8 Å². The van der Waals surface area contributed by atoms with Gasteiger partial charge >= 0.3 is 0 Å². The van der Waals surface area contributed by atoms with Crippen LogP contribution in [0.4, 0.5) is 0 Å². The third kappa shape index (κ3) is 9.38. The van der Waals surface area contributed by atoms with Crippen molar-refractivity contribution in [2.24, 2.45) is 0 Å². The molecule has 0 aliphatic rings. The number of hydrogen-bond acceptors (Lipinski definition) is 3. The van der Waals surface area contributed by atoms with Gasteiger partial charge in [-0.1, -0.05) is 90.6 Å². The Balaban J connectivity index is 1.79. The van der Waals surface area contributed by atoms with E-state index in [0.717, 1.165) is 35.3 Å². The molecule has 0 aromatic heterocycles. The fraction of sp³-hybridized carbons (Fsp3) is 0.355. The van der Waals surface area contributed by atoms with Gasteiger partial charge in [-0.15, -0.1) is 0 Å². The van der Waals surface area contributed by atoms with Gasteiger partial charge < -0.3 is 15.0 Å². The summed E-state index contributed by atoms with van der Waals surface area (Å²) in [6.07, 6.45) is 3.03. The standard InChI is InChI=1S/C31H36Cl2N2O3/c1-3-4-18-34-31(37)29(21-24-9-6-5-7-10-24)35(22-25-14-17-27(32)28(33)20-25)30(36)11-8-19-38-26-15-12-23(2)13-16-26/h5-7,9-10,12-17,20,29H,3-4,8,11,18-19,21-22H2,1-2H3,(H,34,37). The Morgan fingerprint density at radius 3 is 2.34 bits per heavy atom. The first-order valence-corrected chi connectivity index (χ1v) is 13.9. The number of amides is 2. The number of unbranched alkanes of at least 4 members (excludes halogenated alkanes) is 1. The minimum Gasteiger partial charge on any atom is -0.494 e. The van der Waals surface area contributed by atoms with Crippen molar-refractivity contribution in [1.82, 2.24) is 10.2 Å². The first kappa shape index (κ1) is 29.5. The molecule has 3 aromatic carbocycles. The number of hydrogen-bond donors (Lipinski definition) is 1. The molecule has 38 heavy (non-hydrogen) atoms. The Kier molecular flexibility index (Phi) is 12.0. The van der Waals surface area contributed by atoms with Crippen molar-refractivity contribution in [3.8, 4) is 5.75 Å². The summed E-state index contributed by atoms with van der Waals surface area (Å²) in [6.45, 7) is 5.32. The number of benzene rings is 3. The van der Waals surface area contributed by atoms with E-state index >= 15 is 0 Å². The molecule has 202 valence electrons. The van der Waals surface area contributed by atoms with Crippen LogP contribution in [0.2, 0.25) is 10.0 Å². The van der Waals surface area contributed by atoms with Crippen molar-refractivity contribution in [2.45, 2.75) is 58.5 Å². The van der Waals surface area contributed by atoms with Crippen molar-refractivity contribution < 1.29 is 14.3 Å². The predicted molar refractivity (Wildman–Crippen MR) is 155 cm³/mol. The molecule has 3 rings (SSSR count). The average Bonchev–Trinajstić information content (AvgIpc) is 2.92. The van der Waals surface area contributed by atoms with Crippen molar-refractivity contribution in [3.63, 3.8) is 0 Å². The van der Waals surface area contributed by atoms with Crippen LogP contribution in [0.3, 0.4) is 0 Å². The second-order valence-corrected chi connectivity index (χ2v) is 10.2. The van der Waals surface area contributed by atoms with E-state index in [9.17, 15) is 9.59 Å². The number of nitrogens with zero attached hydrogens (tertiary/aromatic N) is 1. The monoisotopic (exact) mass is 554 g/mol. The lowest BCUT2D eigenvalue weighted by molar-refractivity contribution is -0.141. The molecule has 0 aliphatic carbocycles. The van der Waals surface area contributed by atoms with E-state index in [4.69, 9.17) is 27.9 Å². The lowest BCUT2D eigenvalue weighted by atomic mass is 10.0. The van der Waals surface area contributed by atoms with Crippen LogP contribution >= 0.6 is 23.2 Å². The van der Waals surface area contributed by atoms with E-state index in [0.29, 0.717) is 36.0 Å². The quantitative estimate of drug-likeness (QED) is 0.218. The molecule has 1 unspecified atom stereocenters. The second-order valence-electron chi connectivity index (χ2n) is 9.39. The number of rotatable bonds is 14. The summed E-state index contributed by atoms with van der Waals surface area (Å²) in [6, 6.07) is 22.2. The molecule has 1 N–H and O–H groups in total. The third-order valence-electron chi connectivity index (χ3n) is 6.26. The number of ether oxygens (including phenoxy) is 1. The van der Waals surface area contributed by atoms with Crippen LogP contribution in [0, 0.1) is 6.92 Å². The molecule has 0 spiro atoms. The molecule has 3 aromatic rings. The van der Waals surface area contributed by atoms with E-state index in [1.54, 1.807) is 17.0 Å². The molecule has 0 aliphatic heterocycles. The second kappa shape index (κ2) is 15.4. The van der Waals surface area contributed by atoms with Gasteiger partial charge in [-0.3, -0.25) is 9.59 Å². The number of halogens is 2. The molecule has 0 bridgehead atoms. The summed E-state index contributed by atoms with van der Waals surface area (Å²) in [7, 11) is 0.